The maximum Gasteiger partial charge on any atom is 0.186 e. The molecule has 0 fully saturated rings. The summed E-state index contributed by atoms with van der Waals surface area (Å²) >= 11 is 0. The van der Waals surface area contributed by atoms with Crippen LogP contribution in [0.4, 0.5) is 0 Å². The molecule has 128 valence electrons. The predicted molar refractivity (Wildman–Crippen MR) is 107 cm³/mol. The van der Waals surface area contributed by atoms with E-state index in [0.717, 1.165) is 39.2 Å². The van der Waals surface area contributed by atoms with Crippen molar-refractivity contribution in [2.45, 2.75) is 0 Å². The Hall–Kier alpha value is -3.79. The zero-order valence-corrected chi connectivity index (χ0v) is 14.5. The molecule has 2 heterocycles. The number of hydrogen-bond donors (Lipinski definition) is 0. The Morgan fingerprint density at radius 2 is 1.07 bits per heavy atom. The summed E-state index contributed by atoms with van der Waals surface area (Å²) in [7, 11) is 0. The summed E-state index contributed by atoms with van der Waals surface area (Å²) in [5.41, 5.74) is 7.01. The van der Waals surface area contributed by atoms with Gasteiger partial charge in [-0.05, 0) is 11.1 Å². The summed E-state index contributed by atoms with van der Waals surface area (Å²) in [4.78, 5) is 0. The van der Waals surface area contributed by atoms with Crippen molar-refractivity contribution in [2.24, 2.45) is 0 Å². The van der Waals surface area contributed by atoms with Crippen molar-refractivity contribution in [1.29, 1.82) is 0 Å². The van der Waals surface area contributed by atoms with E-state index >= 15 is 0 Å². The van der Waals surface area contributed by atoms with E-state index in [9.17, 15) is 0 Å². The van der Waals surface area contributed by atoms with Crippen LogP contribution in [0, 0.1) is 0 Å². The van der Waals surface area contributed by atoms with Gasteiger partial charge in [-0.1, -0.05) is 91.0 Å². The van der Waals surface area contributed by atoms with Crippen molar-refractivity contribution in [3.63, 3.8) is 0 Å². The van der Waals surface area contributed by atoms with Crippen molar-refractivity contribution >= 4 is 5.65 Å². The molecule has 27 heavy (non-hydrogen) atoms. The van der Waals surface area contributed by atoms with Crippen LogP contribution >= 0.6 is 0 Å². The van der Waals surface area contributed by atoms with Gasteiger partial charge in [0, 0.05) is 16.7 Å². The average Bonchev–Trinajstić information content (AvgIpc) is 3.23. The van der Waals surface area contributed by atoms with Crippen LogP contribution in [0.25, 0.3) is 39.2 Å². The zero-order chi connectivity index (χ0) is 18.1. The fraction of sp³-hybridized carbons (Fsp3) is 0. The van der Waals surface area contributed by atoms with Crippen LogP contribution in [0.1, 0.15) is 0 Å². The molecule has 0 aliphatic heterocycles. The SMILES string of the molecule is c1ccc(-c2nn3cnnc3c(-c3ccccc3)c2-c2ccccc2)cc1. The number of aromatic nitrogens is 4. The topological polar surface area (TPSA) is 43.1 Å². The van der Waals surface area contributed by atoms with Gasteiger partial charge in [-0.15, -0.1) is 10.2 Å². The molecule has 0 bridgehead atoms. The van der Waals surface area contributed by atoms with Crippen LogP contribution in [0.5, 0.6) is 0 Å². The largest absolute Gasteiger partial charge is 0.199 e. The molecule has 0 saturated carbocycles. The molecule has 4 heteroatoms. The molecule has 0 amide bonds. The Balaban J connectivity index is 1.95. The fourth-order valence-corrected chi connectivity index (χ4v) is 3.42. The first-order chi connectivity index (χ1) is 13.4. The van der Waals surface area contributed by atoms with E-state index in [-0.39, 0.29) is 0 Å². The van der Waals surface area contributed by atoms with Crippen LogP contribution in [0.3, 0.4) is 0 Å². The van der Waals surface area contributed by atoms with Gasteiger partial charge in [0.1, 0.15) is 6.33 Å². The van der Waals surface area contributed by atoms with Gasteiger partial charge in [0.15, 0.2) is 5.65 Å². The van der Waals surface area contributed by atoms with E-state index in [0.29, 0.717) is 0 Å². The lowest BCUT2D eigenvalue weighted by atomic mass is 9.92. The van der Waals surface area contributed by atoms with Crippen molar-refractivity contribution in [3.8, 4) is 33.5 Å². The second-order valence-corrected chi connectivity index (χ2v) is 6.30. The lowest BCUT2D eigenvalue weighted by Crippen LogP contribution is -2.01. The second-order valence-electron chi connectivity index (χ2n) is 6.30. The van der Waals surface area contributed by atoms with E-state index in [1.165, 1.54) is 0 Å². The maximum atomic E-state index is 4.86. The molecule has 0 radical (unpaired) electrons. The molecule has 3 aromatic carbocycles. The molecule has 0 aliphatic rings. The van der Waals surface area contributed by atoms with E-state index in [2.05, 4.69) is 46.6 Å². The first-order valence-corrected chi connectivity index (χ1v) is 8.82. The maximum absolute atomic E-state index is 4.86. The Morgan fingerprint density at radius 1 is 0.556 bits per heavy atom. The van der Waals surface area contributed by atoms with Crippen LogP contribution in [0.15, 0.2) is 97.3 Å². The van der Waals surface area contributed by atoms with Gasteiger partial charge in [0.05, 0.1) is 5.69 Å². The summed E-state index contributed by atoms with van der Waals surface area (Å²) in [6.07, 6.45) is 1.66. The summed E-state index contributed by atoms with van der Waals surface area (Å²) in [6, 6.07) is 30.9. The molecule has 0 unspecified atom stereocenters. The van der Waals surface area contributed by atoms with E-state index in [1.54, 1.807) is 10.8 Å². The quantitative estimate of drug-likeness (QED) is 0.454. The van der Waals surface area contributed by atoms with Crippen molar-refractivity contribution in [1.82, 2.24) is 19.8 Å². The second kappa shape index (κ2) is 6.50. The number of benzene rings is 3. The standard InChI is InChI=1S/C23H16N4/c1-4-10-17(11-5-1)20-21(18-12-6-2-7-13-18)23-25-24-16-27(23)26-22(20)19-14-8-3-9-15-19/h1-16H. The number of rotatable bonds is 3. The molecule has 5 aromatic rings. The Labute approximate surface area is 156 Å². The highest BCUT2D eigenvalue weighted by atomic mass is 15.3. The Morgan fingerprint density at radius 3 is 1.67 bits per heavy atom. The van der Waals surface area contributed by atoms with Gasteiger partial charge in [0.2, 0.25) is 0 Å². The van der Waals surface area contributed by atoms with Gasteiger partial charge >= 0.3 is 0 Å². The van der Waals surface area contributed by atoms with Crippen molar-refractivity contribution in [2.75, 3.05) is 0 Å². The minimum atomic E-state index is 0.750. The van der Waals surface area contributed by atoms with Gasteiger partial charge in [-0.3, -0.25) is 0 Å². The first kappa shape index (κ1) is 15.5. The molecule has 4 nitrogen and oxygen atoms in total. The number of nitrogens with zero attached hydrogens (tertiary/aromatic N) is 4. The third-order valence-electron chi connectivity index (χ3n) is 4.62. The van der Waals surface area contributed by atoms with Crippen LogP contribution in [-0.2, 0) is 0 Å². The molecular formula is C23H16N4. The van der Waals surface area contributed by atoms with Gasteiger partial charge in [-0.2, -0.15) is 9.61 Å². The lowest BCUT2D eigenvalue weighted by molar-refractivity contribution is 0.935. The zero-order valence-electron chi connectivity index (χ0n) is 14.5. The molecule has 0 spiro atoms. The number of hydrogen-bond acceptors (Lipinski definition) is 3. The van der Waals surface area contributed by atoms with Crippen molar-refractivity contribution < 1.29 is 0 Å². The normalized spacial score (nSPS) is 11.0. The first-order valence-electron chi connectivity index (χ1n) is 8.82. The van der Waals surface area contributed by atoms with Crippen LogP contribution in [-0.4, -0.2) is 19.8 Å². The molecule has 5 rings (SSSR count). The molecule has 0 N–H and O–H groups in total. The highest BCUT2D eigenvalue weighted by Crippen LogP contribution is 2.40. The van der Waals surface area contributed by atoms with Crippen LogP contribution < -0.4 is 0 Å². The minimum Gasteiger partial charge on any atom is -0.199 e. The van der Waals surface area contributed by atoms with Gasteiger partial charge < -0.3 is 0 Å². The molecule has 2 aromatic heterocycles. The van der Waals surface area contributed by atoms with E-state index in [4.69, 9.17) is 5.10 Å². The minimum absolute atomic E-state index is 0.750. The Bertz CT molecular complexity index is 1200. The summed E-state index contributed by atoms with van der Waals surface area (Å²) < 4.78 is 1.76. The fourth-order valence-electron chi connectivity index (χ4n) is 3.42. The highest BCUT2D eigenvalue weighted by molar-refractivity contribution is 5.98. The van der Waals surface area contributed by atoms with Crippen LogP contribution in [0.2, 0.25) is 0 Å². The molecule has 0 atom stereocenters. The third kappa shape index (κ3) is 2.68. The van der Waals surface area contributed by atoms with E-state index < -0.39 is 0 Å². The Kier molecular flexibility index (Phi) is 3.72. The van der Waals surface area contributed by atoms with E-state index in [1.807, 2.05) is 54.6 Å². The monoisotopic (exact) mass is 348 g/mol. The summed E-state index contributed by atoms with van der Waals surface area (Å²) in [6.45, 7) is 0. The lowest BCUT2D eigenvalue weighted by Gasteiger charge is -2.16. The average molecular weight is 348 g/mol. The predicted octanol–water partition coefficient (Wildman–Crippen LogP) is 5.13. The summed E-state index contributed by atoms with van der Waals surface area (Å²) in [5.74, 6) is 0. The van der Waals surface area contributed by atoms with Gasteiger partial charge in [-0.25, -0.2) is 0 Å². The smallest absolute Gasteiger partial charge is 0.186 e. The molecule has 0 saturated heterocycles. The van der Waals surface area contributed by atoms with Crippen molar-refractivity contribution in [3.05, 3.63) is 97.3 Å². The molecular weight excluding hydrogens is 332 g/mol. The third-order valence-corrected chi connectivity index (χ3v) is 4.62. The highest BCUT2D eigenvalue weighted by Gasteiger charge is 2.20. The van der Waals surface area contributed by atoms with Gasteiger partial charge in [0.25, 0.3) is 0 Å². The summed E-state index contributed by atoms with van der Waals surface area (Å²) in [5, 5.41) is 13.3. The molecule has 0 aliphatic carbocycles. The number of fused-ring (bicyclic) bond motifs is 1.